The number of nitrogens with two attached hydrogens (primary N) is 1. The highest BCUT2D eigenvalue weighted by atomic mass is 35.5. The number of methoxy groups -OCH3 is 1. The smallest absolute Gasteiger partial charge is 0.192 e. The van der Waals surface area contributed by atoms with Crippen molar-refractivity contribution < 1.29 is 27.4 Å². The molecule has 0 spiro atoms. The maximum atomic E-state index is 14.2. The lowest BCUT2D eigenvalue weighted by Crippen LogP contribution is -2.41. The molecule has 0 unspecified atom stereocenters. The van der Waals surface area contributed by atoms with Crippen LogP contribution in [0.3, 0.4) is 0 Å². The molecule has 2 aromatic carbocycles. The van der Waals surface area contributed by atoms with E-state index in [1.54, 1.807) is 0 Å². The molecule has 5 nitrogen and oxygen atoms in total. The van der Waals surface area contributed by atoms with Gasteiger partial charge in [-0.1, -0.05) is 32.4 Å². The Kier molecular flexibility index (Phi) is 8.19. The van der Waals surface area contributed by atoms with Gasteiger partial charge in [0.1, 0.15) is 19.0 Å². The molecule has 9 heteroatoms. The highest BCUT2D eigenvalue weighted by molar-refractivity contribution is 6.74. The first-order valence-electron chi connectivity index (χ1n) is 9.87. The van der Waals surface area contributed by atoms with E-state index in [1.165, 1.54) is 25.3 Å². The van der Waals surface area contributed by atoms with Crippen molar-refractivity contribution >= 4 is 25.6 Å². The van der Waals surface area contributed by atoms with Crippen LogP contribution in [0.15, 0.2) is 24.3 Å². The number of halogens is 3. The third-order valence-electron chi connectivity index (χ3n) is 5.42. The molecule has 0 heterocycles. The molecule has 172 valence electrons. The Labute approximate surface area is 188 Å². The van der Waals surface area contributed by atoms with Crippen LogP contribution in [0.1, 0.15) is 26.3 Å². The molecule has 0 aliphatic carbocycles. The summed E-state index contributed by atoms with van der Waals surface area (Å²) in [6.45, 7) is 11.2. The van der Waals surface area contributed by atoms with Gasteiger partial charge in [0.15, 0.2) is 31.5 Å². The van der Waals surface area contributed by atoms with Gasteiger partial charge in [0.2, 0.25) is 0 Å². The third kappa shape index (κ3) is 6.24. The molecular weight excluding hydrogens is 444 g/mol. The van der Waals surface area contributed by atoms with Crippen LogP contribution in [0, 0.1) is 11.6 Å². The van der Waals surface area contributed by atoms with Gasteiger partial charge >= 0.3 is 0 Å². The van der Waals surface area contributed by atoms with Gasteiger partial charge in [0, 0.05) is 12.1 Å². The van der Waals surface area contributed by atoms with Crippen LogP contribution < -0.4 is 19.9 Å². The van der Waals surface area contributed by atoms with Gasteiger partial charge in [-0.15, -0.1) is 0 Å². The van der Waals surface area contributed by atoms with Crippen LogP contribution in [-0.2, 0) is 11.0 Å². The molecule has 2 N–H and O–H groups in total. The van der Waals surface area contributed by atoms with Crippen molar-refractivity contribution in [2.75, 3.05) is 26.1 Å². The van der Waals surface area contributed by atoms with Crippen molar-refractivity contribution in [3.8, 4) is 17.2 Å². The van der Waals surface area contributed by atoms with Crippen molar-refractivity contribution in [1.82, 2.24) is 0 Å². The van der Waals surface area contributed by atoms with E-state index >= 15 is 0 Å². The molecule has 0 radical (unpaired) electrons. The summed E-state index contributed by atoms with van der Waals surface area (Å²) < 4.78 is 50.6. The molecule has 0 saturated carbocycles. The summed E-state index contributed by atoms with van der Waals surface area (Å²) in [7, 11) is -0.538. The van der Waals surface area contributed by atoms with Crippen LogP contribution in [-0.4, -0.2) is 28.6 Å². The summed E-state index contributed by atoms with van der Waals surface area (Å²) >= 11 is 6.13. The van der Waals surface area contributed by atoms with E-state index < -0.39 is 20.0 Å². The van der Waals surface area contributed by atoms with Crippen LogP contribution in [0.25, 0.3) is 0 Å². The van der Waals surface area contributed by atoms with Crippen molar-refractivity contribution in [3.63, 3.8) is 0 Å². The van der Waals surface area contributed by atoms with Gasteiger partial charge in [0.05, 0.1) is 30.0 Å². The zero-order valence-corrected chi connectivity index (χ0v) is 20.5. The molecule has 0 bridgehead atoms. The van der Waals surface area contributed by atoms with Gasteiger partial charge in [-0.2, -0.15) is 0 Å². The first kappa shape index (κ1) is 25.2. The Morgan fingerprint density at radius 1 is 1.00 bits per heavy atom. The third-order valence-corrected chi connectivity index (χ3v) is 10.3. The minimum Gasteiger partial charge on any atom is -0.496 e. The average molecular weight is 474 g/mol. The number of rotatable bonds is 9. The zero-order chi connectivity index (χ0) is 23.4. The number of hydrogen-bond acceptors (Lipinski definition) is 5. The summed E-state index contributed by atoms with van der Waals surface area (Å²) in [5.41, 5.74) is 6.10. The second kappa shape index (κ2) is 10.1. The number of anilines is 1. The van der Waals surface area contributed by atoms with Crippen molar-refractivity contribution in [1.29, 1.82) is 0 Å². The van der Waals surface area contributed by atoms with Crippen molar-refractivity contribution in [2.24, 2.45) is 0 Å². The summed E-state index contributed by atoms with van der Waals surface area (Å²) in [4.78, 5) is 0. The van der Waals surface area contributed by atoms with E-state index in [2.05, 4.69) is 33.9 Å². The van der Waals surface area contributed by atoms with E-state index in [0.29, 0.717) is 17.4 Å². The Hall–Kier alpha value is -2.03. The molecule has 0 aliphatic heterocycles. The molecule has 0 aliphatic rings. The van der Waals surface area contributed by atoms with Crippen LogP contribution >= 0.6 is 11.6 Å². The highest BCUT2D eigenvalue weighted by Crippen LogP contribution is 2.38. The molecule has 2 rings (SSSR count). The Balaban J connectivity index is 2.14. The molecule has 0 saturated heterocycles. The highest BCUT2D eigenvalue weighted by Gasteiger charge is 2.36. The average Bonchev–Trinajstić information content (AvgIpc) is 2.68. The van der Waals surface area contributed by atoms with E-state index in [9.17, 15) is 8.78 Å². The van der Waals surface area contributed by atoms with Gasteiger partial charge in [-0.05, 0) is 30.3 Å². The summed E-state index contributed by atoms with van der Waals surface area (Å²) in [5.74, 6) is -1.28. The quantitative estimate of drug-likeness (QED) is 0.267. The molecule has 0 aromatic heterocycles. The summed E-state index contributed by atoms with van der Waals surface area (Å²) in [6.07, 6.45) is 0. The first-order valence-corrected chi connectivity index (χ1v) is 13.2. The SMILES string of the molecule is COc1ccc(F)c(F)c1COc1cc(N)c(Cl)cc1OCCO[Si](C)(C)C(C)(C)C. The van der Waals surface area contributed by atoms with E-state index in [1.807, 2.05) is 0 Å². The molecule has 0 fully saturated rings. The van der Waals surface area contributed by atoms with Gasteiger partial charge < -0.3 is 24.4 Å². The van der Waals surface area contributed by atoms with E-state index in [0.717, 1.165) is 6.07 Å². The molecule has 0 amide bonds. The maximum Gasteiger partial charge on any atom is 0.192 e. The molecule has 2 aromatic rings. The second-order valence-electron chi connectivity index (χ2n) is 8.61. The number of hydrogen-bond donors (Lipinski definition) is 1. The topological polar surface area (TPSA) is 62.9 Å². The lowest BCUT2D eigenvalue weighted by atomic mass is 10.2. The van der Waals surface area contributed by atoms with Crippen LogP contribution in [0.4, 0.5) is 14.5 Å². The predicted molar refractivity (Wildman–Crippen MR) is 122 cm³/mol. The lowest BCUT2D eigenvalue weighted by Gasteiger charge is -2.36. The number of nitrogen functional groups attached to an aromatic ring is 1. The second-order valence-corrected chi connectivity index (χ2v) is 13.8. The maximum absolute atomic E-state index is 14.2. The Morgan fingerprint density at radius 3 is 2.26 bits per heavy atom. The fourth-order valence-corrected chi connectivity index (χ4v) is 3.67. The predicted octanol–water partition coefficient (Wildman–Crippen LogP) is 6.19. The largest absolute Gasteiger partial charge is 0.496 e. The fourth-order valence-electron chi connectivity index (χ4n) is 2.49. The zero-order valence-electron chi connectivity index (χ0n) is 18.8. The lowest BCUT2D eigenvalue weighted by molar-refractivity contribution is 0.194. The van der Waals surface area contributed by atoms with Gasteiger partial charge in [0.25, 0.3) is 0 Å². The van der Waals surface area contributed by atoms with Crippen LogP contribution in [0.2, 0.25) is 23.2 Å². The minimum atomic E-state index is -1.91. The number of benzene rings is 2. The molecule has 0 atom stereocenters. The summed E-state index contributed by atoms with van der Waals surface area (Å²) in [6, 6.07) is 5.34. The van der Waals surface area contributed by atoms with Crippen molar-refractivity contribution in [3.05, 3.63) is 46.5 Å². The van der Waals surface area contributed by atoms with Crippen molar-refractivity contribution in [2.45, 2.75) is 45.5 Å². The standard InChI is InChI=1S/C22H30ClF2NO4Si/c1-22(2,3)31(5,6)30-10-9-28-19-11-15(23)17(26)12-20(19)29-13-14-18(27-4)8-7-16(24)21(14)25/h7-8,11-12H,9-10,13,26H2,1-6H3. The minimum absolute atomic E-state index is 0.0526. The molecular formula is C22H30ClF2NO4Si. The van der Waals surface area contributed by atoms with Crippen LogP contribution in [0.5, 0.6) is 17.2 Å². The molecule has 31 heavy (non-hydrogen) atoms. The Bertz CT molecular complexity index is 919. The summed E-state index contributed by atoms with van der Waals surface area (Å²) in [5, 5.41) is 0.377. The Morgan fingerprint density at radius 2 is 1.65 bits per heavy atom. The number of ether oxygens (including phenoxy) is 3. The normalized spacial score (nSPS) is 12.0. The van der Waals surface area contributed by atoms with Gasteiger partial charge in [-0.3, -0.25) is 0 Å². The fraction of sp³-hybridized carbons (Fsp3) is 0.455. The first-order chi connectivity index (χ1) is 14.4. The monoisotopic (exact) mass is 473 g/mol. The van der Waals surface area contributed by atoms with Gasteiger partial charge in [-0.25, -0.2) is 8.78 Å². The van der Waals surface area contributed by atoms with E-state index in [4.69, 9.17) is 36.0 Å². The van der Waals surface area contributed by atoms with E-state index in [-0.39, 0.29) is 41.0 Å².